The number of nitrogens with zero attached hydrogens (tertiary/aromatic N) is 1. The highest BCUT2D eigenvalue weighted by molar-refractivity contribution is 5.86. The molecular weight excluding hydrogens is 320 g/mol. The van der Waals surface area contributed by atoms with Crippen LogP contribution in [0.1, 0.15) is 43.6 Å². The molecule has 3 heteroatoms. The summed E-state index contributed by atoms with van der Waals surface area (Å²) >= 11 is 0. The summed E-state index contributed by atoms with van der Waals surface area (Å²) in [5.41, 5.74) is 1.43. The number of benzene rings is 2. The number of hydrogen-bond donors (Lipinski definition) is 2. The van der Waals surface area contributed by atoms with Crippen LogP contribution in [0, 0.1) is 5.92 Å². The Morgan fingerprint density at radius 2 is 1.88 bits per heavy atom. The van der Waals surface area contributed by atoms with Gasteiger partial charge in [-0.05, 0) is 55.1 Å². The zero-order valence-electron chi connectivity index (χ0n) is 15.9. The molecule has 1 aliphatic carbocycles. The van der Waals surface area contributed by atoms with E-state index in [1.54, 1.807) is 0 Å². The maximum atomic E-state index is 10.8. The molecule has 0 amide bonds. The molecule has 0 radical (unpaired) electrons. The Labute approximate surface area is 157 Å². The maximum Gasteiger partial charge on any atom is 0.0574 e. The summed E-state index contributed by atoms with van der Waals surface area (Å²) < 4.78 is 0. The quantitative estimate of drug-likeness (QED) is 0.860. The lowest BCUT2D eigenvalue weighted by Crippen LogP contribution is -2.38. The first-order valence-corrected chi connectivity index (χ1v) is 10.3. The van der Waals surface area contributed by atoms with Gasteiger partial charge in [0.05, 0.1) is 6.10 Å². The van der Waals surface area contributed by atoms with Crippen LogP contribution in [0.3, 0.4) is 0 Å². The average molecular weight is 353 g/mol. The summed E-state index contributed by atoms with van der Waals surface area (Å²) in [7, 11) is 2.07. The Morgan fingerprint density at radius 1 is 1.08 bits per heavy atom. The number of fused-ring (bicyclic) bond motifs is 1. The molecule has 2 aliphatic rings. The molecule has 2 aromatic carbocycles. The molecule has 4 rings (SSSR count). The third-order valence-corrected chi connectivity index (χ3v) is 6.66. The van der Waals surface area contributed by atoms with Crippen LogP contribution >= 0.6 is 0 Å². The molecule has 4 atom stereocenters. The van der Waals surface area contributed by atoms with Crippen LogP contribution in [0.25, 0.3) is 10.8 Å². The van der Waals surface area contributed by atoms with E-state index in [4.69, 9.17) is 0 Å². The molecule has 4 unspecified atom stereocenters. The first-order chi connectivity index (χ1) is 12.8. The minimum atomic E-state index is -0.157. The number of likely N-dealkylation sites (tertiary alicyclic amines) is 1. The fourth-order valence-electron chi connectivity index (χ4n) is 5.16. The van der Waals surface area contributed by atoms with E-state index in [1.807, 2.05) is 0 Å². The molecule has 26 heavy (non-hydrogen) atoms. The number of likely N-dealkylation sites (N-methyl/N-ethyl adjacent to an activating group) is 1. The van der Waals surface area contributed by atoms with Crippen molar-refractivity contribution in [2.75, 3.05) is 26.7 Å². The highest BCUT2D eigenvalue weighted by atomic mass is 16.3. The van der Waals surface area contributed by atoms with Crippen LogP contribution in [0.15, 0.2) is 42.5 Å². The Kier molecular flexibility index (Phi) is 5.58. The third kappa shape index (κ3) is 3.66. The van der Waals surface area contributed by atoms with E-state index < -0.39 is 0 Å². The van der Waals surface area contributed by atoms with Gasteiger partial charge in [0.15, 0.2) is 0 Å². The zero-order valence-corrected chi connectivity index (χ0v) is 15.9. The van der Waals surface area contributed by atoms with Crippen LogP contribution in [0.4, 0.5) is 0 Å². The van der Waals surface area contributed by atoms with Gasteiger partial charge in [-0.25, -0.2) is 0 Å². The molecule has 0 aromatic heterocycles. The van der Waals surface area contributed by atoms with Gasteiger partial charge < -0.3 is 15.3 Å². The van der Waals surface area contributed by atoms with E-state index in [0.717, 1.165) is 32.5 Å². The lowest BCUT2D eigenvalue weighted by molar-refractivity contribution is 0.0478. The summed E-state index contributed by atoms with van der Waals surface area (Å²) in [5, 5.41) is 16.9. The Bertz CT molecular complexity index is 726. The van der Waals surface area contributed by atoms with Crippen molar-refractivity contribution in [1.29, 1.82) is 0 Å². The van der Waals surface area contributed by atoms with Crippen molar-refractivity contribution in [3.8, 4) is 0 Å². The van der Waals surface area contributed by atoms with E-state index in [9.17, 15) is 5.11 Å². The smallest absolute Gasteiger partial charge is 0.0574 e. The lowest BCUT2D eigenvalue weighted by atomic mass is 9.74. The van der Waals surface area contributed by atoms with E-state index >= 15 is 0 Å². The molecule has 1 heterocycles. The van der Waals surface area contributed by atoms with Gasteiger partial charge in [0, 0.05) is 25.0 Å². The fraction of sp³-hybridized carbons (Fsp3) is 0.565. The summed E-state index contributed by atoms with van der Waals surface area (Å²) in [6, 6.07) is 16.1. The summed E-state index contributed by atoms with van der Waals surface area (Å²) in [5.74, 6) is 0.787. The summed E-state index contributed by atoms with van der Waals surface area (Å²) in [6.07, 6.45) is 5.61. The highest BCUT2D eigenvalue weighted by Crippen LogP contribution is 2.39. The van der Waals surface area contributed by atoms with Crippen LogP contribution < -0.4 is 5.32 Å². The largest absolute Gasteiger partial charge is 0.393 e. The van der Waals surface area contributed by atoms with Gasteiger partial charge in [-0.15, -0.1) is 0 Å². The first-order valence-electron chi connectivity index (χ1n) is 10.3. The van der Waals surface area contributed by atoms with E-state index in [-0.39, 0.29) is 6.10 Å². The second-order valence-corrected chi connectivity index (χ2v) is 8.22. The monoisotopic (exact) mass is 352 g/mol. The molecule has 140 valence electrons. The fourth-order valence-corrected chi connectivity index (χ4v) is 5.16. The van der Waals surface area contributed by atoms with Crippen molar-refractivity contribution in [3.63, 3.8) is 0 Å². The molecule has 1 saturated carbocycles. The number of aliphatic hydroxyl groups excluding tert-OH is 1. The van der Waals surface area contributed by atoms with E-state index in [1.165, 1.54) is 35.6 Å². The number of hydrogen-bond acceptors (Lipinski definition) is 3. The van der Waals surface area contributed by atoms with Crippen molar-refractivity contribution in [2.45, 2.75) is 50.2 Å². The van der Waals surface area contributed by atoms with Crippen LogP contribution in [0.2, 0.25) is 0 Å². The molecule has 0 spiro atoms. The molecule has 1 aliphatic heterocycles. The Morgan fingerprint density at radius 3 is 2.69 bits per heavy atom. The Hall–Kier alpha value is -1.42. The highest BCUT2D eigenvalue weighted by Gasteiger charge is 2.34. The molecule has 2 fully saturated rings. The lowest BCUT2D eigenvalue weighted by Gasteiger charge is -2.37. The molecule has 0 bridgehead atoms. The third-order valence-electron chi connectivity index (χ3n) is 6.66. The van der Waals surface area contributed by atoms with Gasteiger partial charge in [0.25, 0.3) is 0 Å². The summed E-state index contributed by atoms with van der Waals surface area (Å²) in [4.78, 5) is 2.61. The predicted molar refractivity (Wildman–Crippen MR) is 109 cm³/mol. The second-order valence-electron chi connectivity index (χ2n) is 8.22. The van der Waals surface area contributed by atoms with Crippen molar-refractivity contribution in [1.82, 2.24) is 10.2 Å². The van der Waals surface area contributed by atoms with Crippen molar-refractivity contribution < 1.29 is 5.11 Å². The van der Waals surface area contributed by atoms with E-state index in [0.29, 0.717) is 17.9 Å². The Balaban J connectivity index is 1.67. The molecular formula is C23H32N2O. The van der Waals surface area contributed by atoms with Gasteiger partial charge in [-0.2, -0.15) is 0 Å². The predicted octanol–water partition coefficient (Wildman–Crippen LogP) is 3.77. The topological polar surface area (TPSA) is 35.5 Å². The standard InChI is InChI=1S/C23H32N2O/c1-24-18-13-14-25(15-18)16-22(21-10-4-5-12-23(21)26)20-11-6-8-17-7-2-3-9-19(17)20/h2-3,6-9,11,18,21-24,26H,4-5,10,12-16H2,1H3. The molecule has 2 N–H and O–H groups in total. The SMILES string of the molecule is CNC1CCN(CC(c2cccc3ccccc23)C2CCCCC2O)C1. The van der Waals surface area contributed by atoms with Gasteiger partial charge in [-0.3, -0.25) is 0 Å². The van der Waals surface area contributed by atoms with Crippen LogP contribution in [0.5, 0.6) is 0 Å². The second kappa shape index (κ2) is 8.08. The van der Waals surface area contributed by atoms with Crippen molar-refractivity contribution in [2.24, 2.45) is 5.92 Å². The molecule has 3 nitrogen and oxygen atoms in total. The minimum absolute atomic E-state index is 0.157. The zero-order chi connectivity index (χ0) is 17.9. The van der Waals surface area contributed by atoms with Crippen LogP contribution in [-0.2, 0) is 0 Å². The maximum absolute atomic E-state index is 10.8. The van der Waals surface area contributed by atoms with Crippen molar-refractivity contribution >= 4 is 10.8 Å². The van der Waals surface area contributed by atoms with Gasteiger partial charge in [-0.1, -0.05) is 55.3 Å². The van der Waals surface area contributed by atoms with Gasteiger partial charge in [0.1, 0.15) is 0 Å². The number of rotatable bonds is 5. The first kappa shape index (κ1) is 18.0. The summed E-state index contributed by atoms with van der Waals surface area (Å²) in [6.45, 7) is 3.35. The minimum Gasteiger partial charge on any atom is -0.393 e. The van der Waals surface area contributed by atoms with Gasteiger partial charge in [0.2, 0.25) is 0 Å². The van der Waals surface area contributed by atoms with E-state index in [2.05, 4.69) is 59.7 Å². The normalized spacial score (nSPS) is 28.5. The average Bonchev–Trinajstić information content (AvgIpc) is 3.14. The van der Waals surface area contributed by atoms with Crippen molar-refractivity contribution in [3.05, 3.63) is 48.0 Å². The van der Waals surface area contributed by atoms with Gasteiger partial charge >= 0.3 is 0 Å². The number of aliphatic hydroxyl groups is 1. The number of nitrogens with one attached hydrogen (secondary N) is 1. The molecule has 2 aromatic rings. The van der Waals surface area contributed by atoms with Crippen LogP contribution in [-0.4, -0.2) is 48.8 Å². The molecule has 1 saturated heterocycles.